The van der Waals surface area contributed by atoms with Crippen LogP contribution in [0.1, 0.15) is 37.6 Å². The number of hydrogen-bond acceptors (Lipinski definition) is 9. The van der Waals surface area contributed by atoms with Gasteiger partial charge in [0.25, 0.3) is 0 Å². The van der Waals surface area contributed by atoms with E-state index in [-0.39, 0.29) is 17.8 Å². The summed E-state index contributed by atoms with van der Waals surface area (Å²) in [4.78, 5) is 42.2. The van der Waals surface area contributed by atoms with Crippen molar-refractivity contribution in [3.05, 3.63) is 102 Å². The second-order valence-electron chi connectivity index (χ2n) is 13.0. The summed E-state index contributed by atoms with van der Waals surface area (Å²) in [5, 5.41) is 10.5. The zero-order valence-corrected chi connectivity index (χ0v) is 28.7. The second-order valence-corrected chi connectivity index (χ2v) is 13.0. The van der Waals surface area contributed by atoms with Crippen LogP contribution in [0.3, 0.4) is 0 Å². The van der Waals surface area contributed by atoms with Gasteiger partial charge < -0.3 is 24.8 Å². The summed E-state index contributed by atoms with van der Waals surface area (Å²) in [6, 6.07) is 18.4. The number of anilines is 3. The van der Waals surface area contributed by atoms with Crippen molar-refractivity contribution in [3.63, 3.8) is 0 Å². The number of carbonyl (C=O) groups excluding carboxylic acids is 2. The number of fused-ring (bicyclic) bond motifs is 1. The maximum Gasteiger partial charge on any atom is 0.412 e. The SMILES string of the molecule is COc1c(NC(=O)Nc2ccc(-c3cnc(CN4CCOCC4)cn3)c3ccccc23)cc(C(C)(C)C)cc1NC(=O)OCc1cccnc1. The molecule has 0 saturated carbocycles. The predicted molar refractivity (Wildman–Crippen MR) is 193 cm³/mol. The summed E-state index contributed by atoms with van der Waals surface area (Å²) in [5.74, 6) is 0.280. The van der Waals surface area contributed by atoms with Crippen LogP contribution in [0.5, 0.6) is 5.75 Å². The minimum atomic E-state index is -0.670. The molecule has 6 rings (SSSR count). The average molecular weight is 676 g/mol. The van der Waals surface area contributed by atoms with Crippen LogP contribution in [-0.4, -0.2) is 65.4 Å². The number of carbonyl (C=O) groups is 2. The Labute approximate surface area is 291 Å². The molecule has 2 aromatic heterocycles. The predicted octanol–water partition coefficient (Wildman–Crippen LogP) is 7.22. The molecular formula is C38H41N7O5. The number of nitrogens with one attached hydrogen (secondary N) is 3. The van der Waals surface area contributed by atoms with E-state index < -0.39 is 12.1 Å². The number of aromatic nitrogens is 3. The molecule has 5 aromatic rings. The molecule has 0 aliphatic carbocycles. The number of methoxy groups -OCH3 is 1. The topological polar surface area (TPSA) is 140 Å². The fraction of sp³-hybridized carbons (Fsp3) is 0.289. The lowest BCUT2D eigenvalue weighted by Gasteiger charge is -2.25. The van der Waals surface area contributed by atoms with Crippen LogP contribution in [0.4, 0.5) is 26.7 Å². The lowest BCUT2D eigenvalue weighted by molar-refractivity contribution is 0.0336. The van der Waals surface area contributed by atoms with Gasteiger partial charge >= 0.3 is 12.1 Å². The van der Waals surface area contributed by atoms with E-state index >= 15 is 0 Å². The first-order valence-electron chi connectivity index (χ1n) is 16.4. The normalized spacial score (nSPS) is 13.4. The monoisotopic (exact) mass is 675 g/mol. The highest BCUT2D eigenvalue weighted by Crippen LogP contribution is 2.39. The number of benzene rings is 3. The van der Waals surface area contributed by atoms with Crippen molar-refractivity contribution in [3.8, 4) is 17.0 Å². The first kappa shape index (κ1) is 34.3. The van der Waals surface area contributed by atoms with Crippen LogP contribution < -0.4 is 20.7 Å². The molecule has 3 N–H and O–H groups in total. The lowest BCUT2D eigenvalue weighted by atomic mass is 9.86. The fourth-order valence-corrected chi connectivity index (χ4v) is 5.72. The van der Waals surface area contributed by atoms with Gasteiger partial charge in [-0.15, -0.1) is 0 Å². The summed E-state index contributed by atoms with van der Waals surface area (Å²) in [6.07, 6.45) is 6.23. The van der Waals surface area contributed by atoms with Crippen LogP contribution in [0.15, 0.2) is 85.5 Å². The molecule has 0 radical (unpaired) electrons. The standard InChI is InChI=1S/C38H41N7O5/c1-38(2,3)26-18-32(35(48-4)33(19-26)44-37(47)50-24-25-8-7-13-39-20-25)43-36(46)42-31-12-11-30(28-9-5-6-10-29(28)31)34-22-40-27(21-41-34)23-45-14-16-49-17-15-45/h5-13,18-22H,14-17,23-24H2,1-4H3,(H,44,47)(H2,42,43,46). The van der Waals surface area contributed by atoms with E-state index in [1.54, 1.807) is 24.7 Å². The van der Waals surface area contributed by atoms with Gasteiger partial charge in [-0.1, -0.05) is 57.2 Å². The molecule has 3 amide bonds. The van der Waals surface area contributed by atoms with Crippen molar-refractivity contribution in [1.82, 2.24) is 19.9 Å². The number of rotatable bonds is 9. The van der Waals surface area contributed by atoms with Gasteiger partial charge in [-0.2, -0.15) is 0 Å². The summed E-state index contributed by atoms with van der Waals surface area (Å²) in [7, 11) is 1.48. The zero-order chi connectivity index (χ0) is 35.1. The molecule has 1 saturated heterocycles. The first-order valence-corrected chi connectivity index (χ1v) is 16.4. The minimum absolute atomic E-state index is 0.0496. The maximum atomic E-state index is 13.6. The van der Waals surface area contributed by atoms with Crippen LogP contribution >= 0.6 is 0 Å². The summed E-state index contributed by atoms with van der Waals surface area (Å²) in [6.45, 7) is 10.1. The molecule has 0 atom stereocenters. The number of amides is 3. The first-order chi connectivity index (χ1) is 24.2. The van der Waals surface area contributed by atoms with Gasteiger partial charge in [-0.05, 0) is 40.6 Å². The third-order valence-electron chi connectivity index (χ3n) is 8.38. The number of morpholine rings is 1. The fourth-order valence-electron chi connectivity index (χ4n) is 5.72. The summed E-state index contributed by atoms with van der Waals surface area (Å²) in [5.41, 5.74) is 5.21. The molecule has 3 aromatic carbocycles. The van der Waals surface area contributed by atoms with Crippen molar-refractivity contribution >= 4 is 40.0 Å². The van der Waals surface area contributed by atoms with Gasteiger partial charge in [0.2, 0.25) is 0 Å². The highest BCUT2D eigenvalue weighted by atomic mass is 16.5. The Morgan fingerprint density at radius 1 is 0.860 bits per heavy atom. The van der Waals surface area contributed by atoms with E-state index in [1.807, 2.05) is 81.6 Å². The molecule has 1 aliphatic heterocycles. The number of pyridine rings is 1. The third-order valence-corrected chi connectivity index (χ3v) is 8.38. The van der Waals surface area contributed by atoms with Crippen molar-refractivity contribution < 1.29 is 23.8 Å². The molecule has 1 fully saturated rings. The minimum Gasteiger partial charge on any atom is -0.492 e. The molecule has 12 nitrogen and oxygen atoms in total. The second kappa shape index (κ2) is 15.3. The van der Waals surface area contributed by atoms with Crippen molar-refractivity contribution in [2.24, 2.45) is 0 Å². The molecular weight excluding hydrogens is 634 g/mol. The molecule has 3 heterocycles. The van der Waals surface area contributed by atoms with Crippen molar-refractivity contribution in [2.45, 2.75) is 39.3 Å². The Balaban J connectivity index is 1.21. The van der Waals surface area contributed by atoms with E-state index in [2.05, 4.69) is 25.8 Å². The lowest BCUT2D eigenvalue weighted by Crippen LogP contribution is -2.35. The van der Waals surface area contributed by atoms with Gasteiger partial charge in [0.1, 0.15) is 6.61 Å². The molecule has 50 heavy (non-hydrogen) atoms. The highest BCUT2D eigenvalue weighted by molar-refractivity contribution is 6.10. The Kier molecular flexibility index (Phi) is 10.5. The molecule has 258 valence electrons. The smallest absolute Gasteiger partial charge is 0.412 e. The number of nitrogens with zero attached hydrogens (tertiary/aromatic N) is 4. The molecule has 0 spiro atoms. The highest BCUT2D eigenvalue weighted by Gasteiger charge is 2.23. The third kappa shape index (κ3) is 8.33. The Morgan fingerprint density at radius 3 is 2.28 bits per heavy atom. The molecule has 1 aliphatic rings. The molecule has 12 heteroatoms. The molecule has 0 bridgehead atoms. The van der Waals surface area contributed by atoms with E-state index in [0.29, 0.717) is 17.1 Å². The summed E-state index contributed by atoms with van der Waals surface area (Å²) < 4.78 is 16.6. The van der Waals surface area contributed by atoms with Crippen LogP contribution in [-0.2, 0) is 28.0 Å². The van der Waals surface area contributed by atoms with E-state index in [9.17, 15) is 9.59 Å². The zero-order valence-electron chi connectivity index (χ0n) is 28.7. The van der Waals surface area contributed by atoms with Crippen LogP contribution in [0, 0.1) is 0 Å². The van der Waals surface area contributed by atoms with Crippen LogP contribution in [0.2, 0.25) is 0 Å². The van der Waals surface area contributed by atoms with E-state index in [1.165, 1.54) is 7.11 Å². The summed E-state index contributed by atoms with van der Waals surface area (Å²) >= 11 is 0. The Hall–Kier alpha value is -5.59. The van der Waals surface area contributed by atoms with Gasteiger partial charge in [-0.25, -0.2) is 9.59 Å². The van der Waals surface area contributed by atoms with Crippen LogP contribution in [0.25, 0.3) is 22.0 Å². The number of ether oxygens (including phenoxy) is 3. The Morgan fingerprint density at radius 2 is 1.60 bits per heavy atom. The van der Waals surface area contributed by atoms with Gasteiger partial charge in [0.05, 0.1) is 61.2 Å². The largest absolute Gasteiger partial charge is 0.492 e. The van der Waals surface area contributed by atoms with Crippen molar-refractivity contribution in [2.75, 3.05) is 49.4 Å². The van der Waals surface area contributed by atoms with E-state index in [4.69, 9.17) is 24.2 Å². The van der Waals surface area contributed by atoms with Gasteiger partial charge in [0.15, 0.2) is 5.75 Å². The quantitative estimate of drug-likeness (QED) is 0.148. The maximum absolute atomic E-state index is 13.6. The van der Waals surface area contributed by atoms with Gasteiger partial charge in [-0.3, -0.25) is 25.2 Å². The molecule has 0 unspecified atom stereocenters. The van der Waals surface area contributed by atoms with Gasteiger partial charge in [0, 0.05) is 48.5 Å². The van der Waals surface area contributed by atoms with E-state index in [0.717, 1.165) is 71.7 Å². The Bertz CT molecular complexity index is 1960. The number of hydrogen-bond donors (Lipinski definition) is 3. The van der Waals surface area contributed by atoms with Crippen molar-refractivity contribution in [1.29, 1.82) is 0 Å². The number of urea groups is 1. The average Bonchev–Trinajstić information content (AvgIpc) is 3.12.